The quantitative estimate of drug-likeness (QED) is 0.638. The molecule has 1 saturated heterocycles. The van der Waals surface area contributed by atoms with E-state index in [4.69, 9.17) is 0 Å². The number of rotatable bonds is 3. The smallest absolute Gasteiger partial charge is 0.275 e. The third-order valence-electron chi connectivity index (χ3n) is 3.64. The molecule has 1 fully saturated rings. The molecule has 1 aliphatic rings. The molecule has 104 valence electrons. The zero-order valence-corrected chi connectivity index (χ0v) is 10.9. The Hall–Kier alpha value is -1.66. The number of aliphatic hydroxyl groups is 2. The molecule has 0 bridgehead atoms. The summed E-state index contributed by atoms with van der Waals surface area (Å²) in [6.07, 6.45) is 1.33. The van der Waals surface area contributed by atoms with Gasteiger partial charge in [-0.05, 0) is 31.9 Å². The number of hydrogen-bond acceptors (Lipinski definition) is 5. The summed E-state index contributed by atoms with van der Waals surface area (Å²) in [5, 5.41) is 29.9. The van der Waals surface area contributed by atoms with Crippen molar-refractivity contribution in [1.29, 1.82) is 0 Å². The number of nitrogens with zero attached hydrogens (tertiary/aromatic N) is 2. The molecule has 0 atom stereocenters. The van der Waals surface area contributed by atoms with Crippen molar-refractivity contribution in [2.24, 2.45) is 0 Å². The van der Waals surface area contributed by atoms with Gasteiger partial charge >= 0.3 is 0 Å². The van der Waals surface area contributed by atoms with Gasteiger partial charge in [-0.2, -0.15) is 0 Å². The molecule has 0 radical (unpaired) electrons. The molecule has 0 amide bonds. The van der Waals surface area contributed by atoms with E-state index in [9.17, 15) is 20.3 Å². The fourth-order valence-electron chi connectivity index (χ4n) is 2.32. The first kappa shape index (κ1) is 13.8. The number of piperidine rings is 1. The molecule has 19 heavy (non-hydrogen) atoms. The number of hydrogen-bond donors (Lipinski definition) is 2. The molecule has 1 heterocycles. The summed E-state index contributed by atoms with van der Waals surface area (Å²) < 4.78 is 0. The van der Waals surface area contributed by atoms with E-state index in [2.05, 4.69) is 4.90 Å². The van der Waals surface area contributed by atoms with Crippen LogP contribution in [0.5, 0.6) is 0 Å². The van der Waals surface area contributed by atoms with Crippen LogP contribution in [0.4, 0.5) is 11.4 Å². The van der Waals surface area contributed by atoms with Gasteiger partial charge in [-0.25, -0.2) is 0 Å². The van der Waals surface area contributed by atoms with Crippen molar-refractivity contribution in [1.82, 2.24) is 0 Å². The first-order chi connectivity index (χ1) is 8.93. The Morgan fingerprint density at radius 1 is 1.42 bits per heavy atom. The minimum Gasteiger partial charge on any atom is -0.391 e. The van der Waals surface area contributed by atoms with Gasteiger partial charge in [-0.1, -0.05) is 0 Å². The Morgan fingerprint density at radius 3 is 2.58 bits per heavy atom. The van der Waals surface area contributed by atoms with E-state index in [1.807, 2.05) is 6.92 Å². The third-order valence-corrected chi connectivity index (χ3v) is 3.64. The van der Waals surface area contributed by atoms with E-state index in [-0.39, 0.29) is 12.3 Å². The monoisotopic (exact) mass is 266 g/mol. The number of benzene rings is 1. The summed E-state index contributed by atoms with van der Waals surface area (Å²) in [6.45, 7) is 2.88. The Labute approximate surface area is 111 Å². The largest absolute Gasteiger partial charge is 0.391 e. The molecule has 2 N–H and O–H groups in total. The lowest BCUT2D eigenvalue weighted by molar-refractivity contribution is -0.385. The number of nitro groups is 1. The van der Waals surface area contributed by atoms with Gasteiger partial charge in [-0.15, -0.1) is 0 Å². The van der Waals surface area contributed by atoms with Gasteiger partial charge in [0.15, 0.2) is 0 Å². The lowest BCUT2D eigenvalue weighted by atomic mass is 9.93. The maximum atomic E-state index is 10.8. The first-order valence-electron chi connectivity index (χ1n) is 6.28. The summed E-state index contributed by atoms with van der Waals surface area (Å²) in [4.78, 5) is 12.4. The zero-order chi connectivity index (χ0) is 14.0. The fraction of sp³-hybridized carbons (Fsp3) is 0.538. The van der Waals surface area contributed by atoms with Gasteiger partial charge in [0.25, 0.3) is 5.69 Å². The number of anilines is 1. The van der Waals surface area contributed by atoms with Crippen molar-refractivity contribution >= 4 is 11.4 Å². The Morgan fingerprint density at radius 2 is 2.05 bits per heavy atom. The van der Waals surface area contributed by atoms with Gasteiger partial charge in [0.05, 0.1) is 22.7 Å². The predicted molar refractivity (Wildman–Crippen MR) is 71.1 cm³/mol. The summed E-state index contributed by atoms with van der Waals surface area (Å²) in [6, 6.07) is 4.77. The topological polar surface area (TPSA) is 86.8 Å². The molecule has 1 aliphatic heterocycles. The van der Waals surface area contributed by atoms with Crippen LogP contribution in [0.25, 0.3) is 0 Å². The maximum absolute atomic E-state index is 10.8. The molecule has 0 spiro atoms. The van der Waals surface area contributed by atoms with Crippen molar-refractivity contribution in [2.75, 3.05) is 18.0 Å². The first-order valence-corrected chi connectivity index (χ1v) is 6.28. The van der Waals surface area contributed by atoms with Crippen LogP contribution in [0.1, 0.15) is 25.3 Å². The Bertz CT molecular complexity index is 478. The highest BCUT2D eigenvalue weighted by molar-refractivity contribution is 5.55. The van der Waals surface area contributed by atoms with E-state index in [0.29, 0.717) is 31.5 Å². The zero-order valence-electron chi connectivity index (χ0n) is 10.9. The highest BCUT2D eigenvalue weighted by Gasteiger charge is 2.28. The van der Waals surface area contributed by atoms with Crippen molar-refractivity contribution < 1.29 is 15.1 Å². The van der Waals surface area contributed by atoms with Gasteiger partial charge in [0.2, 0.25) is 0 Å². The van der Waals surface area contributed by atoms with Gasteiger partial charge in [-0.3, -0.25) is 10.1 Å². The van der Waals surface area contributed by atoms with E-state index >= 15 is 0 Å². The third kappa shape index (κ3) is 3.02. The molecule has 2 rings (SSSR count). The van der Waals surface area contributed by atoms with E-state index in [0.717, 1.165) is 5.69 Å². The second kappa shape index (κ2) is 5.14. The second-order valence-corrected chi connectivity index (χ2v) is 5.21. The van der Waals surface area contributed by atoms with Crippen LogP contribution in [0.15, 0.2) is 18.2 Å². The van der Waals surface area contributed by atoms with E-state index in [1.54, 1.807) is 12.1 Å². The summed E-state index contributed by atoms with van der Waals surface area (Å²) in [5.41, 5.74) is 0.483. The van der Waals surface area contributed by atoms with Gasteiger partial charge in [0, 0.05) is 24.8 Å². The molecule has 6 heteroatoms. The van der Waals surface area contributed by atoms with Crippen molar-refractivity contribution in [3.8, 4) is 0 Å². The molecule has 0 aliphatic carbocycles. The fourth-order valence-corrected chi connectivity index (χ4v) is 2.32. The van der Waals surface area contributed by atoms with Gasteiger partial charge < -0.3 is 15.1 Å². The molecule has 6 nitrogen and oxygen atoms in total. The highest BCUT2D eigenvalue weighted by atomic mass is 16.6. The van der Waals surface area contributed by atoms with E-state index < -0.39 is 10.5 Å². The molecule has 0 unspecified atom stereocenters. The van der Waals surface area contributed by atoms with Crippen LogP contribution >= 0.6 is 0 Å². The summed E-state index contributed by atoms with van der Waals surface area (Å²) >= 11 is 0. The number of nitro benzene ring substituents is 1. The molecule has 0 saturated carbocycles. The Balaban J connectivity index is 2.20. The molecular weight excluding hydrogens is 248 g/mol. The normalized spacial score (nSPS) is 18.4. The SMILES string of the molecule is CC1(O)CCN(c2ccc([N+](=O)[O-])c(CO)c2)CC1. The van der Waals surface area contributed by atoms with Crippen LogP contribution in [-0.4, -0.2) is 33.8 Å². The van der Waals surface area contributed by atoms with Crippen LogP contribution in [0, 0.1) is 10.1 Å². The van der Waals surface area contributed by atoms with Crippen LogP contribution in [0.2, 0.25) is 0 Å². The highest BCUT2D eigenvalue weighted by Crippen LogP contribution is 2.29. The minimum absolute atomic E-state index is 0.0599. The summed E-state index contributed by atoms with van der Waals surface area (Å²) in [5.74, 6) is 0. The van der Waals surface area contributed by atoms with Crippen LogP contribution in [0.3, 0.4) is 0 Å². The Kier molecular flexibility index (Phi) is 3.73. The minimum atomic E-state index is -0.628. The second-order valence-electron chi connectivity index (χ2n) is 5.21. The van der Waals surface area contributed by atoms with Gasteiger partial charge in [0.1, 0.15) is 0 Å². The van der Waals surface area contributed by atoms with Crippen molar-refractivity contribution in [3.63, 3.8) is 0 Å². The summed E-state index contributed by atoms with van der Waals surface area (Å²) in [7, 11) is 0. The van der Waals surface area contributed by atoms with E-state index in [1.165, 1.54) is 6.07 Å². The van der Waals surface area contributed by atoms with Crippen molar-refractivity contribution in [2.45, 2.75) is 32.0 Å². The molecular formula is C13H18N2O4. The van der Waals surface area contributed by atoms with Crippen LogP contribution in [-0.2, 0) is 6.61 Å². The lowest BCUT2D eigenvalue weighted by Crippen LogP contribution is -2.42. The average Bonchev–Trinajstić information content (AvgIpc) is 2.37. The predicted octanol–water partition coefficient (Wildman–Crippen LogP) is 1.44. The maximum Gasteiger partial charge on any atom is 0.275 e. The van der Waals surface area contributed by atoms with Crippen molar-refractivity contribution in [3.05, 3.63) is 33.9 Å². The standard InChI is InChI=1S/C13H18N2O4/c1-13(17)4-6-14(7-5-13)11-2-3-12(15(18)19)10(8-11)9-16/h2-3,8,16-17H,4-7,9H2,1H3. The molecule has 1 aromatic carbocycles. The molecule has 0 aromatic heterocycles. The average molecular weight is 266 g/mol. The van der Waals surface area contributed by atoms with Crippen LogP contribution < -0.4 is 4.90 Å². The molecule has 1 aromatic rings. The number of aliphatic hydroxyl groups excluding tert-OH is 1. The lowest BCUT2D eigenvalue weighted by Gasteiger charge is -2.37.